The Balaban J connectivity index is 1.85. The van der Waals surface area contributed by atoms with E-state index in [4.69, 9.17) is 14.2 Å². The molecule has 0 radical (unpaired) electrons. The number of methoxy groups -OCH3 is 2. The quantitative estimate of drug-likeness (QED) is 0.331. The average Bonchev–Trinajstić information content (AvgIpc) is 3.30. The molecule has 0 atom stereocenters. The highest BCUT2D eigenvalue weighted by Crippen LogP contribution is 2.29. The maximum atomic E-state index is 12.8. The van der Waals surface area contributed by atoms with Gasteiger partial charge in [0.2, 0.25) is 0 Å². The minimum Gasteiger partial charge on any atom is -0.497 e. The molecule has 0 saturated carbocycles. The molecule has 0 saturated heterocycles. The summed E-state index contributed by atoms with van der Waals surface area (Å²) in [5.74, 6) is -0.0130. The highest BCUT2D eigenvalue weighted by atomic mass is 16.5. The predicted molar refractivity (Wildman–Crippen MR) is 132 cm³/mol. The number of hydrogen-bond donors (Lipinski definition) is 1. The second kappa shape index (κ2) is 10.8. The number of carboxylic acids is 1. The first-order valence-electron chi connectivity index (χ1n) is 11.2. The molecular formula is C26H26N4O6. The largest absolute Gasteiger partial charge is 0.497 e. The molecule has 10 nitrogen and oxygen atoms in total. The first kappa shape index (κ1) is 24.5. The van der Waals surface area contributed by atoms with E-state index in [-0.39, 0.29) is 23.4 Å². The van der Waals surface area contributed by atoms with Gasteiger partial charge in [0.05, 0.1) is 26.4 Å². The van der Waals surface area contributed by atoms with Crippen LogP contribution in [0.1, 0.15) is 38.9 Å². The van der Waals surface area contributed by atoms with Crippen molar-refractivity contribution >= 4 is 23.3 Å². The third-order valence-corrected chi connectivity index (χ3v) is 5.61. The first-order valence-corrected chi connectivity index (χ1v) is 11.2. The van der Waals surface area contributed by atoms with Gasteiger partial charge >= 0.3 is 11.9 Å². The van der Waals surface area contributed by atoms with E-state index in [9.17, 15) is 14.7 Å². The molecule has 1 N–H and O–H groups in total. The number of esters is 1. The summed E-state index contributed by atoms with van der Waals surface area (Å²) >= 11 is 0. The lowest BCUT2D eigenvalue weighted by atomic mass is 10.1. The fourth-order valence-electron chi connectivity index (χ4n) is 3.89. The number of nitrogens with zero attached hydrogens (tertiary/aromatic N) is 4. The topological polar surface area (TPSA) is 115 Å². The molecule has 0 aliphatic rings. The molecule has 36 heavy (non-hydrogen) atoms. The fourth-order valence-corrected chi connectivity index (χ4v) is 3.89. The minimum absolute atomic E-state index is 0.0827. The van der Waals surface area contributed by atoms with Crippen molar-refractivity contribution in [2.45, 2.75) is 20.0 Å². The summed E-state index contributed by atoms with van der Waals surface area (Å²) in [5, 5.41) is 13.9. The third-order valence-electron chi connectivity index (χ3n) is 5.61. The van der Waals surface area contributed by atoms with E-state index in [1.807, 2.05) is 53.4 Å². The molecule has 0 spiro atoms. The summed E-state index contributed by atoms with van der Waals surface area (Å²) < 4.78 is 17.0. The summed E-state index contributed by atoms with van der Waals surface area (Å²) in [6.45, 7) is 2.66. The van der Waals surface area contributed by atoms with Crippen molar-refractivity contribution in [2.24, 2.45) is 0 Å². The number of rotatable bonds is 10. The van der Waals surface area contributed by atoms with Crippen molar-refractivity contribution in [3.63, 3.8) is 0 Å². The number of hydrogen-bond acceptors (Lipinski definition) is 8. The first-order chi connectivity index (χ1) is 17.4. The molecule has 4 aromatic rings. The van der Waals surface area contributed by atoms with Crippen LogP contribution in [0.2, 0.25) is 0 Å². The maximum absolute atomic E-state index is 12.8. The highest BCUT2D eigenvalue weighted by molar-refractivity contribution is 6.04. The molecule has 186 valence electrons. The number of anilines is 1. The van der Waals surface area contributed by atoms with E-state index in [2.05, 4.69) is 10.1 Å². The van der Waals surface area contributed by atoms with Crippen LogP contribution < -0.4 is 14.4 Å². The Morgan fingerprint density at radius 2 is 1.50 bits per heavy atom. The van der Waals surface area contributed by atoms with Gasteiger partial charge in [-0.05, 0) is 48.4 Å². The second-order valence-corrected chi connectivity index (χ2v) is 7.87. The van der Waals surface area contributed by atoms with Gasteiger partial charge < -0.3 is 24.2 Å². The third kappa shape index (κ3) is 5.07. The van der Waals surface area contributed by atoms with E-state index in [1.165, 1.54) is 16.9 Å². The Hall–Kier alpha value is -4.60. The number of carbonyl (C=O) groups is 2. The number of fused-ring (bicyclic) bond motifs is 1. The van der Waals surface area contributed by atoms with E-state index < -0.39 is 11.9 Å². The summed E-state index contributed by atoms with van der Waals surface area (Å²) in [4.78, 5) is 31.2. The molecule has 10 heteroatoms. The number of benzene rings is 2. The highest BCUT2D eigenvalue weighted by Gasteiger charge is 2.26. The number of ether oxygens (including phenoxy) is 3. The smallest absolute Gasteiger partial charge is 0.354 e. The van der Waals surface area contributed by atoms with Crippen LogP contribution in [0.3, 0.4) is 0 Å². The maximum Gasteiger partial charge on any atom is 0.354 e. The van der Waals surface area contributed by atoms with Gasteiger partial charge in [-0.3, -0.25) is 0 Å². The van der Waals surface area contributed by atoms with Crippen molar-refractivity contribution in [3.8, 4) is 11.5 Å². The van der Waals surface area contributed by atoms with Gasteiger partial charge in [0.25, 0.3) is 0 Å². The monoisotopic (exact) mass is 490 g/mol. The van der Waals surface area contributed by atoms with Crippen LogP contribution in [0.15, 0.2) is 60.9 Å². The van der Waals surface area contributed by atoms with Gasteiger partial charge in [-0.25, -0.2) is 19.1 Å². The summed E-state index contributed by atoms with van der Waals surface area (Å²) in [5.41, 5.74) is 2.10. The Bertz CT molecular complexity index is 1320. The van der Waals surface area contributed by atoms with Gasteiger partial charge in [-0.2, -0.15) is 5.10 Å². The zero-order valence-corrected chi connectivity index (χ0v) is 20.2. The van der Waals surface area contributed by atoms with Crippen molar-refractivity contribution in [3.05, 3.63) is 83.3 Å². The molecule has 0 fully saturated rings. The number of aromatic carboxylic acids is 1. The molecule has 0 aliphatic carbocycles. The van der Waals surface area contributed by atoms with E-state index >= 15 is 0 Å². The number of carboxylic acid groups (broad SMARTS) is 1. The molecule has 2 heterocycles. The number of aromatic nitrogens is 3. The Labute approximate surface area is 207 Å². The fraction of sp³-hybridized carbons (Fsp3) is 0.231. The van der Waals surface area contributed by atoms with Crippen molar-refractivity contribution in [2.75, 3.05) is 25.7 Å². The lowest BCUT2D eigenvalue weighted by molar-refractivity contribution is 0.0528. The van der Waals surface area contributed by atoms with Crippen LogP contribution in [0.4, 0.5) is 5.82 Å². The molecule has 4 rings (SSSR count). The second-order valence-electron chi connectivity index (χ2n) is 7.87. The average molecular weight is 491 g/mol. The Morgan fingerprint density at radius 3 is 1.97 bits per heavy atom. The van der Waals surface area contributed by atoms with Gasteiger partial charge in [-0.15, -0.1) is 0 Å². The standard InChI is InChI=1S/C26H26N4O6/c1-4-36-26(33)21-13-22(25(31)32)30-23(21)24(27-16-28-30)29(14-17-5-9-19(34-2)10-6-17)15-18-7-11-20(35-3)12-8-18/h5-13,16H,4,14-15H2,1-3H3,(H,31,32). The molecular weight excluding hydrogens is 464 g/mol. The van der Waals surface area contributed by atoms with Crippen LogP contribution in [0, 0.1) is 0 Å². The summed E-state index contributed by atoms with van der Waals surface area (Å²) in [6, 6.07) is 16.5. The molecule has 2 aromatic heterocycles. The van der Waals surface area contributed by atoms with Gasteiger partial charge in [0, 0.05) is 13.1 Å². The van der Waals surface area contributed by atoms with Gasteiger partial charge in [-0.1, -0.05) is 24.3 Å². The van der Waals surface area contributed by atoms with Crippen molar-refractivity contribution in [1.82, 2.24) is 14.6 Å². The van der Waals surface area contributed by atoms with E-state index in [0.29, 0.717) is 18.9 Å². The molecule has 0 bridgehead atoms. The zero-order chi connectivity index (χ0) is 25.7. The Kier molecular flexibility index (Phi) is 7.33. The lowest BCUT2D eigenvalue weighted by Crippen LogP contribution is -2.25. The van der Waals surface area contributed by atoms with Crippen LogP contribution >= 0.6 is 0 Å². The molecule has 2 aromatic carbocycles. The predicted octanol–water partition coefficient (Wildman–Crippen LogP) is 3.83. The van der Waals surface area contributed by atoms with E-state index in [1.54, 1.807) is 21.1 Å². The zero-order valence-electron chi connectivity index (χ0n) is 20.2. The SMILES string of the molecule is CCOC(=O)c1cc(C(=O)O)n2ncnc(N(Cc3ccc(OC)cc3)Cc3ccc(OC)cc3)c12. The summed E-state index contributed by atoms with van der Waals surface area (Å²) in [7, 11) is 3.21. The lowest BCUT2D eigenvalue weighted by Gasteiger charge is -2.25. The van der Waals surface area contributed by atoms with Crippen LogP contribution in [0.25, 0.3) is 5.52 Å². The van der Waals surface area contributed by atoms with Gasteiger partial charge in [0.1, 0.15) is 23.3 Å². The van der Waals surface area contributed by atoms with Crippen molar-refractivity contribution < 1.29 is 28.9 Å². The van der Waals surface area contributed by atoms with Crippen LogP contribution in [-0.2, 0) is 17.8 Å². The van der Waals surface area contributed by atoms with Crippen LogP contribution in [-0.4, -0.2) is 52.5 Å². The molecule has 0 aliphatic heterocycles. The van der Waals surface area contributed by atoms with E-state index in [0.717, 1.165) is 22.6 Å². The Morgan fingerprint density at radius 1 is 0.944 bits per heavy atom. The van der Waals surface area contributed by atoms with Gasteiger partial charge in [0.15, 0.2) is 11.5 Å². The summed E-state index contributed by atoms with van der Waals surface area (Å²) in [6.07, 6.45) is 1.28. The minimum atomic E-state index is -1.22. The number of carbonyl (C=O) groups excluding carboxylic acids is 1. The molecule has 0 unspecified atom stereocenters. The van der Waals surface area contributed by atoms with Crippen LogP contribution in [0.5, 0.6) is 11.5 Å². The normalized spacial score (nSPS) is 10.8. The molecule has 0 amide bonds. The van der Waals surface area contributed by atoms with Crippen molar-refractivity contribution in [1.29, 1.82) is 0 Å².